The first-order chi connectivity index (χ1) is 13.3. The topological polar surface area (TPSA) is 8.17 Å². The highest BCUT2D eigenvalue weighted by molar-refractivity contribution is 5.86. The molecule has 0 N–H and O–H groups in total. The van der Waals surface area contributed by atoms with Gasteiger partial charge in [-0.3, -0.25) is 4.90 Å². The molecule has 1 aromatic heterocycles. The number of likely N-dealkylation sites (N-methyl/N-ethyl adjacent to an activating group) is 1. The molecule has 0 spiro atoms. The third-order valence-electron chi connectivity index (χ3n) is 6.24. The van der Waals surface area contributed by atoms with E-state index in [0.29, 0.717) is 18.5 Å². The third-order valence-corrected chi connectivity index (χ3v) is 6.24. The van der Waals surface area contributed by atoms with Crippen LogP contribution >= 0.6 is 0 Å². The highest BCUT2D eigenvalue weighted by Gasteiger charge is 2.32. The average molecular weight is 386 g/mol. The summed E-state index contributed by atoms with van der Waals surface area (Å²) >= 11 is 0. The second-order valence-corrected chi connectivity index (χ2v) is 7.87. The first kappa shape index (κ1) is 19.1. The molecule has 2 unspecified atom stereocenters. The molecule has 0 fully saturated rings. The summed E-state index contributed by atoms with van der Waals surface area (Å²) in [5.41, 5.74) is 4.31. The number of nitrogens with zero attached hydrogens (tertiary/aromatic N) is 2. The maximum atomic E-state index is 12.8. The van der Waals surface area contributed by atoms with Gasteiger partial charge in [0.2, 0.25) is 0 Å². The van der Waals surface area contributed by atoms with Crippen LogP contribution in [0.4, 0.5) is 13.2 Å². The predicted octanol–water partition coefficient (Wildman–Crippen LogP) is 5.84. The molecule has 4 rings (SSSR count). The molecule has 3 aromatic rings. The standard InChI is InChI=1S/C23H25F3N2/c1-15-14-21-22(16(2)27(15)3)19-6-4-5-7-20(19)28(21)13-12-17-8-10-18(11-9-17)23(24,25)26/h4-11,15-16H,12-14H2,1-3H3. The Morgan fingerprint density at radius 1 is 1.00 bits per heavy atom. The molecule has 0 bridgehead atoms. The molecular weight excluding hydrogens is 361 g/mol. The Morgan fingerprint density at radius 3 is 2.36 bits per heavy atom. The molecule has 1 aliphatic heterocycles. The van der Waals surface area contributed by atoms with Crippen molar-refractivity contribution in [3.63, 3.8) is 0 Å². The largest absolute Gasteiger partial charge is 0.416 e. The Morgan fingerprint density at radius 2 is 1.68 bits per heavy atom. The molecule has 0 saturated carbocycles. The zero-order valence-corrected chi connectivity index (χ0v) is 16.4. The van der Waals surface area contributed by atoms with Crippen LogP contribution < -0.4 is 0 Å². The molecule has 5 heteroatoms. The summed E-state index contributed by atoms with van der Waals surface area (Å²) < 4.78 is 40.7. The van der Waals surface area contributed by atoms with E-state index in [-0.39, 0.29) is 0 Å². The number of hydrogen-bond acceptors (Lipinski definition) is 1. The minimum Gasteiger partial charge on any atom is -0.344 e. The minimum atomic E-state index is -4.29. The van der Waals surface area contributed by atoms with Crippen LogP contribution in [0.5, 0.6) is 0 Å². The summed E-state index contributed by atoms with van der Waals surface area (Å²) in [6.07, 6.45) is -2.59. The number of alkyl halides is 3. The summed E-state index contributed by atoms with van der Waals surface area (Å²) in [6, 6.07) is 14.8. The lowest BCUT2D eigenvalue weighted by Gasteiger charge is -2.36. The molecule has 0 saturated heterocycles. The fourth-order valence-corrected chi connectivity index (χ4v) is 4.44. The Bertz CT molecular complexity index is 985. The smallest absolute Gasteiger partial charge is 0.344 e. The van der Waals surface area contributed by atoms with Crippen molar-refractivity contribution in [3.05, 3.63) is 70.9 Å². The van der Waals surface area contributed by atoms with Gasteiger partial charge < -0.3 is 4.57 Å². The van der Waals surface area contributed by atoms with Crippen molar-refractivity contribution in [1.82, 2.24) is 9.47 Å². The van der Waals surface area contributed by atoms with E-state index in [4.69, 9.17) is 0 Å². The van der Waals surface area contributed by atoms with Crippen molar-refractivity contribution in [2.45, 2.75) is 51.5 Å². The number of aromatic nitrogens is 1. The maximum absolute atomic E-state index is 12.8. The van der Waals surface area contributed by atoms with E-state index in [1.807, 2.05) is 0 Å². The fourth-order valence-electron chi connectivity index (χ4n) is 4.44. The predicted molar refractivity (Wildman–Crippen MR) is 106 cm³/mol. The summed E-state index contributed by atoms with van der Waals surface area (Å²) in [5.74, 6) is 0. The lowest BCUT2D eigenvalue weighted by molar-refractivity contribution is -0.137. The number of hydrogen-bond donors (Lipinski definition) is 0. The quantitative estimate of drug-likeness (QED) is 0.549. The zero-order valence-electron chi connectivity index (χ0n) is 16.4. The van der Waals surface area contributed by atoms with Crippen molar-refractivity contribution in [2.24, 2.45) is 0 Å². The highest BCUT2D eigenvalue weighted by Crippen LogP contribution is 2.39. The van der Waals surface area contributed by atoms with Crippen LogP contribution in [0.2, 0.25) is 0 Å². The Labute approximate surface area is 163 Å². The van der Waals surface area contributed by atoms with Gasteiger partial charge in [0.1, 0.15) is 0 Å². The van der Waals surface area contributed by atoms with E-state index in [0.717, 1.165) is 18.5 Å². The molecule has 0 amide bonds. The van der Waals surface area contributed by atoms with E-state index in [9.17, 15) is 13.2 Å². The molecule has 0 radical (unpaired) electrons. The van der Waals surface area contributed by atoms with Gasteiger partial charge in [0.25, 0.3) is 0 Å². The molecule has 28 heavy (non-hydrogen) atoms. The number of aryl methyl sites for hydroxylation is 2. The van der Waals surface area contributed by atoms with Gasteiger partial charge in [-0.1, -0.05) is 30.3 Å². The van der Waals surface area contributed by atoms with Crippen molar-refractivity contribution < 1.29 is 13.2 Å². The van der Waals surface area contributed by atoms with Gasteiger partial charge in [0, 0.05) is 41.6 Å². The van der Waals surface area contributed by atoms with Gasteiger partial charge in [-0.05, 0) is 56.6 Å². The highest BCUT2D eigenvalue weighted by atomic mass is 19.4. The Kier molecular flexibility index (Phi) is 4.74. The van der Waals surface area contributed by atoms with E-state index < -0.39 is 11.7 Å². The number of benzene rings is 2. The summed E-state index contributed by atoms with van der Waals surface area (Å²) in [4.78, 5) is 2.41. The van der Waals surface area contributed by atoms with Gasteiger partial charge >= 0.3 is 6.18 Å². The van der Waals surface area contributed by atoms with Gasteiger partial charge in [-0.15, -0.1) is 0 Å². The van der Waals surface area contributed by atoms with Crippen molar-refractivity contribution in [3.8, 4) is 0 Å². The summed E-state index contributed by atoms with van der Waals surface area (Å²) in [5, 5.41) is 1.29. The number of rotatable bonds is 3. The van der Waals surface area contributed by atoms with E-state index >= 15 is 0 Å². The first-order valence-electron chi connectivity index (χ1n) is 9.75. The van der Waals surface area contributed by atoms with Crippen LogP contribution in [0.1, 0.15) is 42.3 Å². The molecular formula is C23H25F3N2. The number of halogens is 3. The van der Waals surface area contributed by atoms with Crippen LogP contribution in [-0.2, 0) is 25.6 Å². The van der Waals surface area contributed by atoms with Crippen LogP contribution in [-0.4, -0.2) is 22.6 Å². The third kappa shape index (κ3) is 3.22. The lowest BCUT2D eigenvalue weighted by Crippen LogP contribution is -2.38. The molecule has 2 heterocycles. The minimum absolute atomic E-state index is 0.343. The monoisotopic (exact) mass is 386 g/mol. The molecule has 2 aromatic carbocycles. The van der Waals surface area contributed by atoms with Gasteiger partial charge in [-0.2, -0.15) is 13.2 Å². The molecule has 148 valence electrons. The normalized spacial score (nSPS) is 20.5. The second kappa shape index (κ2) is 6.96. The van der Waals surface area contributed by atoms with Crippen LogP contribution in [0.25, 0.3) is 10.9 Å². The van der Waals surface area contributed by atoms with E-state index in [2.05, 4.69) is 54.6 Å². The van der Waals surface area contributed by atoms with E-state index in [1.165, 1.54) is 34.3 Å². The molecule has 0 aliphatic carbocycles. The number of fused-ring (bicyclic) bond motifs is 3. The fraction of sp³-hybridized carbons (Fsp3) is 0.391. The lowest BCUT2D eigenvalue weighted by atomic mass is 9.93. The maximum Gasteiger partial charge on any atom is 0.416 e. The van der Waals surface area contributed by atoms with Crippen LogP contribution in [0.3, 0.4) is 0 Å². The van der Waals surface area contributed by atoms with Crippen molar-refractivity contribution >= 4 is 10.9 Å². The van der Waals surface area contributed by atoms with Gasteiger partial charge in [0.15, 0.2) is 0 Å². The Balaban J connectivity index is 1.67. The van der Waals surface area contributed by atoms with Crippen LogP contribution in [0.15, 0.2) is 48.5 Å². The molecule has 1 aliphatic rings. The number of para-hydroxylation sites is 1. The second-order valence-electron chi connectivity index (χ2n) is 7.87. The van der Waals surface area contributed by atoms with Crippen molar-refractivity contribution in [1.29, 1.82) is 0 Å². The summed E-state index contributed by atoms with van der Waals surface area (Å²) in [7, 11) is 2.17. The summed E-state index contributed by atoms with van der Waals surface area (Å²) in [6.45, 7) is 5.27. The first-order valence-corrected chi connectivity index (χ1v) is 9.75. The average Bonchev–Trinajstić information content (AvgIpc) is 2.97. The molecule has 2 atom stereocenters. The van der Waals surface area contributed by atoms with E-state index in [1.54, 1.807) is 12.1 Å². The van der Waals surface area contributed by atoms with Crippen molar-refractivity contribution in [2.75, 3.05) is 7.05 Å². The molecule has 2 nitrogen and oxygen atoms in total. The zero-order chi connectivity index (χ0) is 20.1. The Hall–Kier alpha value is -2.27. The SMILES string of the molecule is CC1Cc2c(c3ccccc3n2CCc2ccc(C(F)(F)F)cc2)C(C)N1C. The van der Waals surface area contributed by atoms with Gasteiger partial charge in [-0.25, -0.2) is 0 Å². The van der Waals surface area contributed by atoms with Crippen LogP contribution in [0, 0.1) is 0 Å². The van der Waals surface area contributed by atoms with Gasteiger partial charge in [0.05, 0.1) is 5.56 Å².